The van der Waals surface area contributed by atoms with Gasteiger partial charge in [0.05, 0.1) is 11.5 Å². The standard InChI is InChI=1S/C9H14O3/c10-8(11)7-2-5-12-9(6-7)3-1-4-9/h7H,1-6H2,(H,10,11)/t7-/m1/s1. The Hall–Kier alpha value is -0.570. The van der Waals surface area contributed by atoms with Gasteiger partial charge in [0.25, 0.3) is 0 Å². The molecule has 0 aromatic rings. The van der Waals surface area contributed by atoms with E-state index in [9.17, 15) is 4.79 Å². The molecule has 0 radical (unpaired) electrons. The number of hydrogen-bond acceptors (Lipinski definition) is 2. The molecule has 1 saturated carbocycles. The average Bonchev–Trinajstić information content (AvgIpc) is 2.02. The smallest absolute Gasteiger partial charge is 0.306 e. The van der Waals surface area contributed by atoms with Crippen molar-refractivity contribution >= 4 is 5.97 Å². The van der Waals surface area contributed by atoms with Crippen LogP contribution in [0.4, 0.5) is 0 Å². The Labute approximate surface area is 71.7 Å². The van der Waals surface area contributed by atoms with Gasteiger partial charge < -0.3 is 9.84 Å². The fourth-order valence-corrected chi connectivity index (χ4v) is 2.16. The number of carboxylic acid groups (broad SMARTS) is 1. The lowest BCUT2D eigenvalue weighted by atomic mass is 9.72. The molecule has 1 aliphatic carbocycles. The van der Waals surface area contributed by atoms with Crippen LogP contribution in [-0.4, -0.2) is 23.3 Å². The molecule has 1 saturated heterocycles. The molecular weight excluding hydrogens is 156 g/mol. The second-order valence-electron chi connectivity index (χ2n) is 3.91. The average molecular weight is 170 g/mol. The molecule has 1 spiro atoms. The maximum absolute atomic E-state index is 10.7. The lowest BCUT2D eigenvalue weighted by Crippen LogP contribution is -2.46. The summed E-state index contributed by atoms with van der Waals surface area (Å²) in [7, 11) is 0. The SMILES string of the molecule is O=C(O)[C@@H]1CCOC2(CCC2)C1. The Balaban J connectivity index is 1.98. The van der Waals surface area contributed by atoms with E-state index >= 15 is 0 Å². The molecule has 1 atom stereocenters. The normalized spacial score (nSPS) is 32.8. The number of hydrogen-bond donors (Lipinski definition) is 1. The summed E-state index contributed by atoms with van der Waals surface area (Å²) in [4.78, 5) is 10.7. The first kappa shape index (κ1) is 8.05. The van der Waals surface area contributed by atoms with Gasteiger partial charge in [0.1, 0.15) is 0 Å². The van der Waals surface area contributed by atoms with E-state index in [1.165, 1.54) is 6.42 Å². The Morgan fingerprint density at radius 1 is 1.50 bits per heavy atom. The van der Waals surface area contributed by atoms with E-state index in [0.717, 1.165) is 19.3 Å². The van der Waals surface area contributed by atoms with Crippen LogP contribution in [0, 0.1) is 5.92 Å². The summed E-state index contributed by atoms with van der Waals surface area (Å²) in [5.41, 5.74) is -0.0265. The molecule has 3 nitrogen and oxygen atoms in total. The number of ether oxygens (including phenoxy) is 1. The van der Waals surface area contributed by atoms with Crippen LogP contribution in [0.25, 0.3) is 0 Å². The van der Waals surface area contributed by atoms with Crippen molar-refractivity contribution in [3.63, 3.8) is 0 Å². The summed E-state index contributed by atoms with van der Waals surface area (Å²) in [6.07, 6.45) is 4.76. The van der Waals surface area contributed by atoms with Crippen molar-refractivity contribution in [2.24, 2.45) is 5.92 Å². The molecular formula is C9H14O3. The second kappa shape index (κ2) is 2.73. The van der Waals surface area contributed by atoms with E-state index in [4.69, 9.17) is 9.84 Å². The van der Waals surface area contributed by atoms with Crippen molar-refractivity contribution < 1.29 is 14.6 Å². The highest BCUT2D eigenvalue weighted by atomic mass is 16.5. The fraction of sp³-hybridized carbons (Fsp3) is 0.889. The van der Waals surface area contributed by atoms with Gasteiger partial charge in [0.15, 0.2) is 0 Å². The third-order valence-corrected chi connectivity index (χ3v) is 3.11. The zero-order valence-electron chi connectivity index (χ0n) is 7.08. The Bertz CT molecular complexity index is 196. The third kappa shape index (κ3) is 1.22. The molecule has 0 bridgehead atoms. The van der Waals surface area contributed by atoms with Crippen LogP contribution in [0.1, 0.15) is 32.1 Å². The zero-order chi connectivity index (χ0) is 8.60. The number of rotatable bonds is 1. The van der Waals surface area contributed by atoms with Crippen molar-refractivity contribution in [2.75, 3.05) is 6.61 Å². The van der Waals surface area contributed by atoms with Crippen molar-refractivity contribution in [1.82, 2.24) is 0 Å². The van der Waals surface area contributed by atoms with Crippen molar-refractivity contribution in [1.29, 1.82) is 0 Å². The largest absolute Gasteiger partial charge is 0.481 e. The van der Waals surface area contributed by atoms with Crippen LogP contribution in [-0.2, 0) is 9.53 Å². The predicted molar refractivity (Wildman–Crippen MR) is 42.9 cm³/mol. The third-order valence-electron chi connectivity index (χ3n) is 3.11. The van der Waals surface area contributed by atoms with Gasteiger partial charge >= 0.3 is 5.97 Å². The zero-order valence-corrected chi connectivity index (χ0v) is 7.08. The summed E-state index contributed by atoms with van der Waals surface area (Å²) in [5, 5.41) is 8.83. The summed E-state index contributed by atoms with van der Waals surface area (Å²) in [6, 6.07) is 0. The summed E-state index contributed by atoms with van der Waals surface area (Å²) >= 11 is 0. The first-order valence-electron chi connectivity index (χ1n) is 4.59. The summed E-state index contributed by atoms with van der Waals surface area (Å²) < 4.78 is 5.62. The maximum atomic E-state index is 10.7. The van der Waals surface area contributed by atoms with Crippen LogP contribution in [0.5, 0.6) is 0 Å². The molecule has 68 valence electrons. The van der Waals surface area contributed by atoms with E-state index in [-0.39, 0.29) is 11.5 Å². The molecule has 2 rings (SSSR count). The number of carbonyl (C=O) groups is 1. The van der Waals surface area contributed by atoms with Crippen molar-refractivity contribution in [2.45, 2.75) is 37.7 Å². The van der Waals surface area contributed by atoms with Crippen LogP contribution >= 0.6 is 0 Å². The molecule has 3 heteroatoms. The molecule has 0 aromatic heterocycles. The number of carboxylic acids is 1. The molecule has 1 aliphatic heterocycles. The lowest BCUT2D eigenvalue weighted by molar-refractivity contribution is -0.167. The highest BCUT2D eigenvalue weighted by molar-refractivity contribution is 5.70. The quantitative estimate of drug-likeness (QED) is 0.647. The van der Waals surface area contributed by atoms with E-state index in [1.54, 1.807) is 0 Å². The van der Waals surface area contributed by atoms with E-state index in [1.807, 2.05) is 0 Å². The minimum Gasteiger partial charge on any atom is -0.481 e. The minimum absolute atomic E-state index is 0.0265. The molecule has 1 heterocycles. The first-order chi connectivity index (χ1) is 5.72. The number of aliphatic carboxylic acids is 1. The van der Waals surface area contributed by atoms with Gasteiger partial charge in [0.2, 0.25) is 0 Å². The molecule has 0 amide bonds. The molecule has 2 fully saturated rings. The topological polar surface area (TPSA) is 46.5 Å². The monoisotopic (exact) mass is 170 g/mol. The van der Waals surface area contributed by atoms with E-state index in [2.05, 4.69) is 0 Å². The minimum atomic E-state index is -0.649. The maximum Gasteiger partial charge on any atom is 0.306 e. The van der Waals surface area contributed by atoms with E-state index < -0.39 is 5.97 Å². The molecule has 0 unspecified atom stereocenters. The van der Waals surface area contributed by atoms with Crippen molar-refractivity contribution in [3.05, 3.63) is 0 Å². The van der Waals surface area contributed by atoms with Crippen LogP contribution < -0.4 is 0 Å². The van der Waals surface area contributed by atoms with Gasteiger partial charge in [0, 0.05) is 6.61 Å². The lowest BCUT2D eigenvalue weighted by Gasteiger charge is -2.46. The van der Waals surface area contributed by atoms with Crippen LogP contribution in [0.2, 0.25) is 0 Å². The van der Waals surface area contributed by atoms with Crippen LogP contribution in [0.15, 0.2) is 0 Å². The van der Waals surface area contributed by atoms with Gasteiger partial charge in [-0.05, 0) is 32.1 Å². The molecule has 12 heavy (non-hydrogen) atoms. The molecule has 1 N–H and O–H groups in total. The fourth-order valence-electron chi connectivity index (χ4n) is 2.16. The molecule has 0 aromatic carbocycles. The Morgan fingerprint density at radius 2 is 2.25 bits per heavy atom. The Morgan fingerprint density at radius 3 is 2.75 bits per heavy atom. The molecule has 2 aliphatic rings. The van der Waals surface area contributed by atoms with Gasteiger partial charge in [-0.3, -0.25) is 4.79 Å². The van der Waals surface area contributed by atoms with E-state index in [0.29, 0.717) is 13.0 Å². The van der Waals surface area contributed by atoms with Gasteiger partial charge in [-0.25, -0.2) is 0 Å². The van der Waals surface area contributed by atoms with Crippen LogP contribution in [0.3, 0.4) is 0 Å². The van der Waals surface area contributed by atoms with Gasteiger partial charge in [-0.2, -0.15) is 0 Å². The highest BCUT2D eigenvalue weighted by Gasteiger charge is 2.44. The second-order valence-corrected chi connectivity index (χ2v) is 3.91. The predicted octanol–water partition coefficient (Wildman–Crippen LogP) is 1.42. The highest BCUT2D eigenvalue weighted by Crippen LogP contribution is 2.44. The summed E-state index contributed by atoms with van der Waals surface area (Å²) in [6.45, 7) is 0.636. The first-order valence-corrected chi connectivity index (χ1v) is 4.59. The summed E-state index contributed by atoms with van der Waals surface area (Å²) in [5.74, 6) is -0.802. The Kier molecular flexibility index (Phi) is 1.83. The van der Waals surface area contributed by atoms with Gasteiger partial charge in [-0.15, -0.1) is 0 Å². The van der Waals surface area contributed by atoms with Gasteiger partial charge in [-0.1, -0.05) is 0 Å². The van der Waals surface area contributed by atoms with Crippen molar-refractivity contribution in [3.8, 4) is 0 Å².